The van der Waals surface area contributed by atoms with Crippen molar-refractivity contribution in [2.45, 2.75) is 6.42 Å². The largest absolute Gasteiger partial charge is 0.229 e. The average molecular weight is 196 g/mol. The fourth-order valence-corrected chi connectivity index (χ4v) is 3.33. The Morgan fingerprint density at radius 2 is 2.08 bits per heavy atom. The summed E-state index contributed by atoms with van der Waals surface area (Å²) in [5, 5.41) is 0. The van der Waals surface area contributed by atoms with Gasteiger partial charge in [-0.25, -0.2) is 8.42 Å². The molecule has 2 aliphatic rings. The Morgan fingerprint density at radius 1 is 1.23 bits per heavy atom. The van der Waals surface area contributed by atoms with E-state index in [-0.39, 0.29) is 5.75 Å². The van der Waals surface area contributed by atoms with E-state index in [2.05, 4.69) is 6.08 Å². The van der Waals surface area contributed by atoms with Crippen LogP contribution in [0.4, 0.5) is 0 Å². The number of allylic oxidation sites excluding steroid dienone is 5. The third-order valence-electron chi connectivity index (χ3n) is 2.48. The predicted octanol–water partition coefficient (Wildman–Crippen LogP) is 1.47. The first kappa shape index (κ1) is 8.75. The molecule has 0 radical (unpaired) electrons. The van der Waals surface area contributed by atoms with Crippen LogP contribution in [0.1, 0.15) is 6.42 Å². The van der Waals surface area contributed by atoms with Gasteiger partial charge in [0, 0.05) is 5.92 Å². The molecule has 2 nitrogen and oxygen atoms in total. The van der Waals surface area contributed by atoms with Crippen molar-refractivity contribution in [1.29, 1.82) is 0 Å². The van der Waals surface area contributed by atoms with Crippen LogP contribution in [0, 0.1) is 5.92 Å². The van der Waals surface area contributed by atoms with E-state index in [1.807, 2.05) is 24.3 Å². The minimum absolute atomic E-state index is 0.242. The molecule has 0 aromatic heterocycles. The molecule has 0 bridgehead atoms. The number of fused-ring (bicyclic) bond motifs is 1. The van der Waals surface area contributed by atoms with Crippen molar-refractivity contribution < 1.29 is 8.42 Å². The molecule has 3 heteroatoms. The molecule has 0 spiro atoms. The van der Waals surface area contributed by atoms with E-state index in [1.165, 1.54) is 0 Å². The molecule has 1 saturated heterocycles. The zero-order chi connectivity index (χ0) is 9.31. The summed E-state index contributed by atoms with van der Waals surface area (Å²) in [7, 11) is -2.81. The Labute approximate surface area is 78.6 Å². The molecule has 2 rings (SSSR count). The van der Waals surface area contributed by atoms with Crippen LogP contribution >= 0.6 is 0 Å². The topological polar surface area (TPSA) is 34.1 Å². The van der Waals surface area contributed by atoms with Crippen LogP contribution in [0.5, 0.6) is 0 Å². The van der Waals surface area contributed by atoms with Gasteiger partial charge in [-0.15, -0.1) is 0 Å². The normalized spacial score (nSPS) is 30.5. The second kappa shape index (κ2) is 3.14. The maximum absolute atomic E-state index is 11.3. The van der Waals surface area contributed by atoms with Crippen molar-refractivity contribution in [2.24, 2.45) is 5.92 Å². The summed E-state index contributed by atoms with van der Waals surface area (Å²) in [6.07, 6.45) is 10.6. The summed E-state index contributed by atoms with van der Waals surface area (Å²) in [5.41, 5.74) is 1.04. The molecule has 0 saturated carbocycles. The summed E-state index contributed by atoms with van der Waals surface area (Å²) in [6.45, 7) is 0. The van der Waals surface area contributed by atoms with Crippen LogP contribution in [0.15, 0.2) is 36.0 Å². The molecule has 13 heavy (non-hydrogen) atoms. The maximum atomic E-state index is 11.3. The quantitative estimate of drug-likeness (QED) is 0.588. The Hall–Kier alpha value is -0.830. The summed E-state index contributed by atoms with van der Waals surface area (Å²) in [4.78, 5) is 0. The van der Waals surface area contributed by atoms with E-state index >= 15 is 0 Å². The van der Waals surface area contributed by atoms with E-state index in [1.54, 1.807) is 0 Å². The third kappa shape index (κ3) is 1.91. The Balaban J connectivity index is 2.32. The molecule has 1 fully saturated rings. The van der Waals surface area contributed by atoms with Crippen molar-refractivity contribution in [2.75, 3.05) is 11.5 Å². The third-order valence-corrected chi connectivity index (χ3v) is 4.11. The highest BCUT2D eigenvalue weighted by molar-refractivity contribution is 7.91. The maximum Gasteiger partial charge on any atom is 0.154 e. The summed E-state index contributed by atoms with van der Waals surface area (Å²) in [5.74, 6) is 0.921. The second-order valence-corrected chi connectivity index (χ2v) is 5.68. The van der Waals surface area contributed by atoms with E-state index in [9.17, 15) is 8.42 Å². The summed E-state index contributed by atoms with van der Waals surface area (Å²) in [6, 6.07) is 0. The number of rotatable bonds is 0. The van der Waals surface area contributed by atoms with Crippen LogP contribution in [0.2, 0.25) is 0 Å². The second-order valence-electron chi connectivity index (χ2n) is 3.50. The molecule has 0 aromatic rings. The lowest BCUT2D eigenvalue weighted by Crippen LogP contribution is -2.24. The highest BCUT2D eigenvalue weighted by atomic mass is 32.2. The van der Waals surface area contributed by atoms with Crippen LogP contribution < -0.4 is 0 Å². The minimum Gasteiger partial charge on any atom is -0.229 e. The van der Waals surface area contributed by atoms with Crippen LogP contribution in [0.25, 0.3) is 0 Å². The molecule has 1 unspecified atom stereocenters. The van der Waals surface area contributed by atoms with Crippen LogP contribution in [-0.2, 0) is 9.84 Å². The fraction of sp³-hybridized carbons (Fsp3) is 0.400. The van der Waals surface area contributed by atoms with Gasteiger partial charge in [0.25, 0.3) is 0 Å². The lowest BCUT2D eigenvalue weighted by molar-refractivity contribution is 0.576. The van der Waals surface area contributed by atoms with Crippen molar-refractivity contribution in [1.82, 2.24) is 0 Å². The molecule has 1 aliphatic heterocycles. The Bertz CT molecular complexity index is 385. The predicted molar refractivity (Wildman–Crippen MR) is 53.1 cm³/mol. The smallest absolute Gasteiger partial charge is 0.154 e. The molecule has 1 atom stereocenters. The zero-order valence-electron chi connectivity index (χ0n) is 7.31. The van der Waals surface area contributed by atoms with Crippen molar-refractivity contribution in [3.05, 3.63) is 36.0 Å². The lowest BCUT2D eigenvalue weighted by Gasteiger charge is -2.21. The van der Waals surface area contributed by atoms with E-state index in [0.29, 0.717) is 11.7 Å². The summed E-state index contributed by atoms with van der Waals surface area (Å²) < 4.78 is 22.7. The highest BCUT2D eigenvalue weighted by Gasteiger charge is 2.26. The SMILES string of the molecule is O=S1(=O)CCC2C=CC=CC=C2C1. The standard InChI is InChI=1S/C10H12O2S/c11-13(12)7-6-9-4-2-1-3-5-10(9)8-13/h1-5,9H,6-8H2. The van der Waals surface area contributed by atoms with Crippen molar-refractivity contribution >= 4 is 9.84 Å². The van der Waals surface area contributed by atoms with E-state index < -0.39 is 9.84 Å². The Kier molecular flexibility index (Phi) is 2.12. The monoisotopic (exact) mass is 196 g/mol. The van der Waals surface area contributed by atoms with E-state index in [4.69, 9.17) is 0 Å². The molecule has 1 aliphatic carbocycles. The number of hydrogen-bond donors (Lipinski definition) is 0. The van der Waals surface area contributed by atoms with Gasteiger partial charge in [-0.05, 0) is 12.0 Å². The van der Waals surface area contributed by atoms with Gasteiger partial charge < -0.3 is 0 Å². The first-order chi connectivity index (χ1) is 6.17. The van der Waals surface area contributed by atoms with Crippen molar-refractivity contribution in [3.63, 3.8) is 0 Å². The first-order valence-corrected chi connectivity index (χ1v) is 6.24. The highest BCUT2D eigenvalue weighted by Crippen LogP contribution is 2.26. The Morgan fingerprint density at radius 3 is 2.92 bits per heavy atom. The number of sulfone groups is 1. The zero-order valence-corrected chi connectivity index (χ0v) is 8.13. The van der Waals surface area contributed by atoms with Crippen LogP contribution in [0.3, 0.4) is 0 Å². The van der Waals surface area contributed by atoms with Gasteiger partial charge in [-0.1, -0.05) is 30.4 Å². The first-order valence-electron chi connectivity index (χ1n) is 4.42. The average Bonchev–Trinajstić information content (AvgIpc) is 2.27. The van der Waals surface area contributed by atoms with Gasteiger partial charge in [0.1, 0.15) is 0 Å². The molecular formula is C10H12O2S. The van der Waals surface area contributed by atoms with Gasteiger partial charge in [-0.2, -0.15) is 0 Å². The van der Waals surface area contributed by atoms with Gasteiger partial charge in [-0.3, -0.25) is 0 Å². The van der Waals surface area contributed by atoms with E-state index in [0.717, 1.165) is 12.0 Å². The lowest BCUT2D eigenvalue weighted by atomic mass is 9.97. The van der Waals surface area contributed by atoms with Gasteiger partial charge >= 0.3 is 0 Å². The molecule has 0 amide bonds. The summed E-state index contributed by atoms with van der Waals surface area (Å²) >= 11 is 0. The molecule has 0 aromatic carbocycles. The van der Waals surface area contributed by atoms with Crippen LogP contribution in [-0.4, -0.2) is 19.9 Å². The molecular weight excluding hydrogens is 184 g/mol. The molecule has 70 valence electrons. The van der Waals surface area contributed by atoms with Gasteiger partial charge in [0.05, 0.1) is 11.5 Å². The van der Waals surface area contributed by atoms with Crippen molar-refractivity contribution in [3.8, 4) is 0 Å². The van der Waals surface area contributed by atoms with Gasteiger partial charge in [0.2, 0.25) is 0 Å². The fourth-order valence-electron chi connectivity index (χ4n) is 1.76. The molecule has 1 heterocycles. The molecule has 0 N–H and O–H groups in total. The van der Waals surface area contributed by atoms with Gasteiger partial charge in [0.15, 0.2) is 9.84 Å². The number of hydrogen-bond acceptors (Lipinski definition) is 2. The minimum atomic E-state index is -2.81.